The summed E-state index contributed by atoms with van der Waals surface area (Å²) in [5, 5.41) is 0.804. The summed E-state index contributed by atoms with van der Waals surface area (Å²) in [5.41, 5.74) is 2.18. The number of hydrogen-bond donors (Lipinski definition) is 1. The number of aryl methyl sites for hydroxylation is 2. The Hall–Kier alpha value is -2.97. The number of aromatic amines is 1. The van der Waals surface area contributed by atoms with Crippen molar-refractivity contribution in [3.05, 3.63) is 62.5 Å². The maximum atomic E-state index is 12.8. The van der Waals surface area contributed by atoms with Crippen molar-refractivity contribution in [3.63, 3.8) is 0 Å². The zero-order valence-electron chi connectivity index (χ0n) is 19.5. The van der Waals surface area contributed by atoms with Gasteiger partial charge in [-0.15, -0.1) is 11.3 Å². The molecular weight excluding hydrogens is 448 g/mol. The molecule has 7 nitrogen and oxygen atoms in total. The van der Waals surface area contributed by atoms with Gasteiger partial charge in [0.15, 0.2) is 0 Å². The Morgan fingerprint density at radius 3 is 2.68 bits per heavy atom. The van der Waals surface area contributed by atoms with E-state index in [9.17, 15) is 9.59 Å². The topological polar surface area (TPSA) is 78.5 Å². The molecule has 0 unspecified atom stereocenters. The number of rotatable bonds is 6. The van der Waals surface area contributed by atoms with Crippen LogP contribution in [0.1, 0.15) is 41.6 Å². The van der Waals surface area contributed by atoms with Gasteiger partial charge in [-0.2, -0.15) is 0 Å². The molecule has 1 aromatic carbocycles. The van der Waals surface area contributed by atoms with Gasteiger partial charge in [0.25, 0.3) is 5.56 Å². The highest BCUT2D eigenvalue weighted by molar-refractivity contribution is 7.18. The summed E-state index contributed by atoms with van der Waals surface area (Å²) in [6.45, 7) is 6.01. The normalized spacial score (nSPS) is 16.8. The van der Waals surface area contributed by atoms with Crippen molar-refractivity contribution in [2.75, 3.05) is 32.8 Å². The van der Waals surface area contributed by atoms with E-state index in [4.69, 9.17) is 9.72 Å². The number of nitrogens with one attached hydrogen (secondary N) is 1. The van der Waals surface area contributed by atoms with Gasteiger partial charge in [-0.3, -0.25) is 14.5 Å². The van der Waals surface area contributed by atoms with Gasteiger partial charge in [-0.1, -0.05) is 12.1 Å². The maximum Gasteiger partial charge on any atom is 0.259 e. The van der Waals surface area contributed by atoms with E-state index in [0.29, 0.717) is 32.1 Å². The zero-order chi connectivity index (χ0) is 23.5. The minimum Gasteiger partial charge on any atom is -0.494 e. The van der Waals surface area contributed by atoms with Gasteiger partial charge in [0.05, 0.1) is 18.5 Å². The van der Waals surface area contributed by atoms with E-state index < -0.39 is 0 Å². The van der Waals surface area contributed by atoms with Crippen LogP contribution in [0, 0.1) is 0 Å². The van der Waals surface area contributed by atoms with Crippen molar-refractivity contribution in [2.45, 2.75) is 39.2 Å². The standard InChI is InChI=1S/C26H30N4O3S/c1-2-33-19-10-7-18(8-11-19)9-12-23(31)30-15-13-29(14-16-30)17-22-27-25(32)24-20-5-3-4-6-21(20)34-26(24)28-22/h7-12H,2-6,13-17H2,1H3,(H,27,28,32)/b12-9+. The van der Waals surface area contributed by atoms with Crippen LogP contribution in [0.4, 0.5) is 0 Å². The molecule has 2 aliphatic rings. The van der Waals surface area contributed by atoms with Crippen LogP contribution in [0.3, 0.4) is 0 Å². The molecule has 3 heterocycles. The number of amides is 1. The van der Waals surface area contributed by atoms with Crippen LogP contribution in [0.15, 0.2) is 35.1 Å². The highest BCUT2D eigenvalue weighted by atomic mass is 32.1. The van der Waals surface area contributed by atoms with E-state index in [0.717, 1.165) is 53.9 Å². The Kier molecular flexibility index (Phi) is 6.78. The summed E-state index contributed by atoms with van der Waals surface area (Å²) in [6, 6.07) is 7.71. The first-order chi connectivity index (χ1) is 16.6. The summed E-state index contributed by atoms with van der Waals surface area (Å²) >= 11 is 1.68. The molecule has 0 atom stereocenters. The number of hydrogen-bond acceptors (Lipinski definition) is 6. The average Bonchev–Trinajstić information content (AvgIpc) is 3.23. The summed E-state index contributed by atoms with van der Waals surface area (Å²) in [7, 11) is 0. The van der Waals surface area contributed by atoms with Crippen LogP contribution in [0.25, 0.3) is 16.3 Å². The molecule has 5 rings (SSSR count). The minimum absolute atomic E-state index is 0.00681. The Morgan fingerprint density at radius 1 is 1.15 bits per heavy atom. The molecule has 178 valence electrons. The van der Waals surface area contributed by atoms with E-state index in [1.807, 2.05) is 42.2 Å². The molecule has 1 aliphatic carbocycles. The van der Waals surface area contributed by atoms with E-state index in [2.05, 4.69) is 9.88 Å². The first-order valence-electron chi connectivity index (χ1n) is 12.1. The predicted molar refractivity (Wildman–Crippen MR) is 135 cm³/mol. The molecule has 0 spiro atoms. The second-order valence-corrected chi connectivity index (χ2v) is 9.92. The number of nitrogens with zero attached hydrogens (tertiary/aromatic N) is 3. The summed E-state index contributed by atoms with van der Waals surface area (Å²) in [5.74, 6) is 1.56. The van der Waals surface area contributed by atoms with Gasteiger partial charge >= 0.3 is 0 Å². The smallest absolute Gasteiger partial charge is 0.259 e. The number of piperazine rings is 1. The van der Waals surface area contributed by atoms with Crippen molar-refractivity contribution in [2.24, 2.45) is 0 Å². The van der Waals surface area contributed by atoms with Crippen LogP contribution in [0.5, 0.6) is 5.75 Å². The van der Waals surface area contributed by atoms with Crippen molar-refractivity contribution < 1.29 is 9.53 Å². The van der Waals surface area contributed by atoms with E-state index in [-0.39, 0.29) is 11.5 Å². The fourth-order valence-corrected chi connectivity index (χ4v) is 6.02. The van der Waals surface area contributed by atoms with E-state index in [1.54, 1.807) is 17.4 Å². The molecule has 2 aromatic heterocycles. The van der Waals surface area contributed by atoms with Gasteiger partial charge in [-0.25, -0.2) is 4.98 Å². The number of carbonyl (C=O) groups is 1. The lowest BCUT2D eigenvalue weighted by molar-refractivity contribution is -0.127. The van der Waals surface area contributed by atoms with Crippen molar-refractivity contribution in [1.82, 2.24) is 19.8 Å². The third-order valence-corrected chi connectivity index (χ3v) is 7.73. The first kappa shape index (κ1) is 22.8. The number of H-pyrrole nitrogens is 1. The van der Waals surface area contributed by atoms with Gasteiger partial charge in [-0.05, 0) is 61.9 Å². The largest absolute Gasteiger partial charge is 0.494 e. The summed E-state index contributed by atoms with van der Waals surface area (Å²) in [6.07, 6.45) is 7.88. The SMILES string of the molecule is CCOc1ccc(/C=C/C(=O)N2CCN(Cc3nc4sc5c(c4c(=O)[nH]3)CCCC5)CC2)cc1. The second kappa shape index (κ2) is 10.1. The lowest BCUT2D eigenvalue weighted by Gasteiger charge is -2.33. The minimum atomic E-state index is -0.00681. The monoisotopic (exact) mass is 478 g/mol. The average molecular weight is 479 g/mol. The fraction of sp³-hybridized carbons (Fsp3) is 0.423. The lowest BCUT2D eigenvalue weighted by atomic mass is 9.97. The maximum absolute atomic E-state index is 12.8. The Morgan fingerprint density at radius 2 is 1.91 bits per heavy atom. The third-order valence-electron chi connectivity index (χ3n) is 6.54. The lowest BCUT2D eigenvalue weighted by Crippen LogP contribution is -2.48. The highest BCUT2D eigenvalue weighted by Crippen LogP contribution is 2.33. The molecule has 1 N–H and O–H groups in total. The number of fused-ring (bicyclic) bond motifs is 3. The molecule has 0 bridgehead atoms. The summed E-state index contributed by atoms with van der Waals surface area (Å²) < 4.78 is 5.45. The fourth-order valence-electron chi connectivity index (χ4n) is 4.74. The molecule has 34 heavy (non-hydrogen) atoms. The van der Waals surface area contributed by atoms with E-state index in [1.165, 1.54) is 16.9 Å². The molecule has 0 saturated carbocycles. The molecule has 1 aliphatic heterocycles. The molecule has 0 radical (unpaired) electrons. The van der Waals surface area contributed by atoms with Gasteiger partial charge in [0, 0.05) is 37.1 Å². The van der Waals surface area contributed by atoms with Crippen LogP contribution < -0.4 is 10.3 Å². The zero-order valence-corrected chi connectivity index (χ0v) is 20.3. The Bertz CT molecular complexity index is 1250. The van der Waals surface area contributed by atoms with Crippen LogP contribution in [-0.4, -0.2) is 58.5 Å². The molecule has 8 heteroatoms. The van der Waals surface area contributed by atoms with Crippen LogP contribution >= 0.6 is 11.3 Å². The predicted octanol–water partition coefficient (Wildman–Crippen LogP) is 3.62. The van der Waals surface area contributed by atoms with Gasteiger partial charge in [0.2, 0.25) is 5.91 Å². The summed E-state index contributed by atoms with van der Waals surface area (Å²) in [4.78, 5) is 39.5. The number of ether oxygens (including phenoxy) is 1. The second-order valence-electron chi connectivity index (χ2n) is 8.84. The number of benzene rings is 1. The third kappa shape index (κ3) is 4.93. The van der Waals surface area contributed by atoms with Crippen LogP contribution in [0.2, 0.25) is 0 Å². The van der Waals surface area contributed by atoms with E-state index >= 15 is 0 Å². The first-order valence-corrected chi connectivity index (χ1v) is 12.9. The number of carbonyl (C=O) groups excluding carboxylic acids is 1. The number of thiophene rings is 1. The van der Waals surface area contributed by atoms with Gasteiger partial charge < -0.3 is 14.6 Å². The highest BCUT2D eigenvalue weighted by Gasteiger charge is 2.22. The van der Waals surface area contributed by atoms with Crippen molar-refractivity contribution >= 4 is 33.5 Å². The molecule has 1 saturated heterocycles. The molecule has 1 amide bonds. The quantitative estimate of drug-likeness (QED) is 0.548. The molecule has 3 aromatic rings. The number of aromatic nitrogens is 2. The van der Waals surface area contributed by atoms with Gasteiger partial charge in [0.1, 0.15) is 16.4 Å². The van der Waals surface area contributed by atoms with Crippen molar-refractivity contribution in [3.8, 4) is 5.75 Å². The molecular formula is C26H30N4O3S. The molecule has 1 fully saturated rings. The van der Waals surface area contributed by atoms with Crippen LogP contribution in [-0.2, 0) is 24.2 Å². The van der Waals surface area contributed by atoms with Crippen molar-refractivity contribution in [1.29, 1.82) is 0 Å². The Balaban J connectivity index is 1.17. The Labute approximate surface area is 203 Å².